The number of aromatic amines is 1. The molecule has 84 valence electrons. The third-order valence-corrected chi connectivity index (χ3v) is 3.07. The number of nitrogens with one attached hydrogen (secondary N) is 1. The van der Waals surface area contributed by atoms with Crippen molar-refractivity contribution in [1.82, 2.24) is 15.2 Å². The topological polar surface area (TPSA) is 61.8 Å². The maximum absolute atomic E-state index is 9.17. The Labute approximate surface area is 90.1 Å². The summed E-state index contributed by atoms with van der Waals surface area (Å²) < 4.78 is 0. The van der Waals surface area contributed by atoms with E-state index in [1.54, 1.807) is 6.92 Å². The minimum Gasteiger partial charge on any atom is -0.393 e. The van der Waals surface area contributed by atoms with Crippen molar-refractivity contribution in [2.75, 3.05) is 0 Å². The zero-order valence-electron chi connectivity index (χ0n) is 9.24. The molecule has 0 aromatic carbocycles. The Kier molecular flexibility index (Phi) is 3.36. The molecule has 15 heavy (non-hydrogen) atoms. The second-order valence-corrected chi connectivity index (χ2v) is 4.51. The van der Waals surface area contributed by atoms with Gasteiger partial charge in [0.25, 0.3) is 0 Å². The summed E-state index contributed by atoms with van der Waals surface area (Å²) in [5, 5.41) is 16.4. The van der Waals surface area contributed by atoms with Crippen molar-refractivity contribution in [2.24, 2.45) is 0 Å². The average molecular weight is 209 g/mol. The van der Waals surface area contributed by atoms with E-state index >= 15 is 0 Å². The maximum atomic E-state index is 9.17. The molecule has 0 radical (unpaired) electrons. The van der Waals surface area contributed by atoms with E-state index in [1.807, 2.05) is 0 Å². The van der Waals surface area contributed by atoms with Gasteiger partial charge in [-0.15, -0.1) is 0 Å². The highest BCUT2D eigenvalue weighted by Gasteiger charge is 2.20. The standard InChI is InChI=1S/C11H19N3O/c1-8(15)6-7-10-12-11(14-13-10)9-4-2-3-5-9/h8-9,15H,2-7H2,1H3,(H,12,13,14). The quantitative estimate of drug-likeness (QED) is 0.794. The van der Waals surface area contributed by atoms with Crippen LogP contribution in [0.15, 0.2) is 0 Å². The first kappa shape index (κ1) is 10.6. The summed E-state index contributed by atoms with van der Waals surface area (Å²) in [5.74, 6) is 2.47. The van der Waals surface area contributed by atoms with Gasteiger partial charge in [-0.05, 0) is 26.2 Å². The van der Waals surface area contributed by atoms with Crippen molar-refractivity contribution in [3.05, 3.63) is 11.6 Å². The van der Waals surface area contributed by atoms with Gasteiger partial charge in [0.05, 0.1) is 6.10 Å². The van der Waals surface area contributed by atoms with Crippen LogP contribution in [0.25, 0.3) is 0 Å². The molecule has 2 N–H and O–H groups in total. The lowest BCUT2D eigenvalue weighted by molar-refractivity contribution is 0.184. The van der Waals surface area contributed by atoms with Crippen molar-refractivity contribution in [3.8, 4) is 0 Å². The molecule has 1 unspecified atom stereocenters. The fourth-order valence-corrected chi connectivity index (χ4v) is 2.13. The second-order valence-electron chi connectivity index (χ2n) is 4.51. The fraction of sp³-hybridized carbons (Fsp3) is 0.818. The van der Waals surface area contributed by atoms with Gasteiger partial charge in [0.1, 0.15) is 5.82 Å². The predicted octanol–water partition coefficient (Wildman–Crippen LogP) is 1.78. The predicted molar refractivity (Wildman–Crippen MR) is 57.6 cm³/mol. The smallest absolute Gasteiger partial charge is 0.153 e. The maximum Gasteiger partial charge on any atom is 0.153 e. The largest absolute Gasteiger partial charge is 0.393 e. The molecule has 1 aromatic rings. The van der Waals surface area contributed by atoms with E-state index in [9.17, 15) is 0 Å². The molecular weight excluding hydrogens is 190 g/mol. The van der Waals surface area contributed by atoms with Crippen molar-refractivity contribution >= 4 is 0 Å². The number of rotatable bonds is 4. The Morgan fingerprint density at radius 1 is 1.47 bits per heavy atom. The summed E-state index contributed by atoms with van der Waals surface area (Å²) in [7, 11) is 0. The number of aromatic nitrogens is 3. The van der Waals surface area contributed by atoms with Gasteiger partial charge in [-0.1, -0.05) is 12.8 Å². The molecule has 1 atom stereocenters. The van der Waals surface area contributed by atoms with Crippen LogP contribution in [-0.4, -0.2) is 26.4 Å². The number of hydrogen-bond donors (Lipinski definition) is 2. The zero-order valence-corrected chi connectivity index (χ0v) is 9.24. The third kappa shape index (κ3) is 2.78. The summed E-state index contributed by atoms with van der Waals surface area (Å²) in [6.45, 7) is 1.80. The van der Waals surface area contributed by atoms with E-state index in [-0.39, 0.29) is 6.10 Å². The number of aryl methyl sites for hydroxylation is 1. The van der Waals surface area contributed by atoms with E-state index in [1.165, 1.54) is 25.7 Å². The van der Waals surface area contributed by atoms with Crippen molar-refractivity contribution < 1.29 is 5.11 Å². The lowest BCUT2D eigenvalue weighted by Crippen LogP contribution is -2.02. The number of H-pyrrole nitrogens is 1. The first-order chi connectivity index (χ1) is 7.25. The Morgan fingerprint density at radius 2 is 2.20 bits per heavy atom. The molecule has 0 saturated heterocycles. The normalized spacial score (nSPS) is 19.6. The van der Waals surface area contributed by atoms with E-state index in [0.717, 1.165) is 24.5 Å². The van der Waals surface area contributed by atoms with Crippen LogP contribution >= 0.6 is 0 Å². The average Bonchev–Trinajstić information content (AvgIpc) is 2.85. The molecule has 0 bridgehead atoms. The summed E-state index contributed by atoms with van der Waals surface area (Å²) in [6, 6.07) is 0. The molecule has 1 heterocycles. The molecule has 4 heteroatoms. The van der Waals surface area contributed by atoms with E-state index in [4.69, 9.17) is 5.11 Å². The van der Waals surface area contributed by atoms with Crippen molar-refractivity contribution in [2.45, 2.75) is 57.5 Å². The van der Waals surface area contributed by atoms with Gasteiger partial charge in [-0.25, -0.2) is 4.98 Å². The number of aliphatic hydroxyl groups is 1. The van der Waals surface area contributed by atoms with Crippen LogP contribution in [0.5, 0.6) is 0 Å². The Balaban J connectivity index is 1.91. The van der Waals surface area contributed by atoms with Gasteiger partial charge < -0.3 is 5.11 Å². The van der Waals surface area contributed by atoms with Crippen LogP contribution in [0.1, 0.15) is 56.6 Å². The highest BCUT2D eigenvalue weighted by atomic mass is 16.3. The molecule has 1 aliphatic carbocycles. The Hall–Kier alpha value is -0.900. The minimum atomic E-state index is -0.259. The van der Waals surface area contributed by atoms with E-state index in [0.29, 0.717) is 5.92 Å². The van der Waals surface area contributed by atoms with Crippen LogP contribution in [0.3, 0.4) is 0 Å². The highest BCUT2D eigenvalue weighted by Crippen LogP contribution is 2.31. The van der Waals surface area contributed by atoms with E-state index in [2.05, 4.69) is 15.2 Å². The molecular formula is C11H19N3O. The highest BCUT2D eigenvalue weighted by molar-refractivity contribution is 5.00. The SMILES string of the molecule is CC(O)CCc1nc(C2CCCC2)n[nH]1. The third-order valence-electron chi connectivity index (χ3n) is 3.07. The van der Waals surface area contributed by atoms with Gasteiger partial charge in [0.2, 0.25) is 0 Å². The monoisotopic (exact) mass is 209 g/mol. The first-order valence-corrected chi connectivity index (χ1v) is 5.85. The Bertz CT molecular complexity index is 303. The zero-order chi connectivity index (χ0) is 10.7. The second kappa shape index (κ2) is 4.75. The van der Waals surface area contributed by atoms with Crippen LogP contribution in [0.4, 0.5) is 0 Å². The van der Waals surface area contributed by atoms with Gasteiger partial charge in [-0.3, -0.25) is 5.10 Å². The molecule has 1 saturated carbocycles. The van der Waals surface area contributed by atoms with Gasteiger partial charge in [-0.2, -0.15) is 5.10 Å². The lowest BCUT2D eigenvalue weighted by atomic mass is 10.1. The van der Waals surface area contributed by atoms with Crippen LogP contribution in [0, 0.1) is 0 Å². The lowest BCUT2D eigenvalue weighted by Gasteiger charge is -2.01. The number of nitrogens with zero attached hydrogens (tertiary/aromatic N) is 2. The number of aliphatic hydroxyl groups excluding tert-OH is 1. The van der Waals surface area contributed by atoms with Crippen molar-refractivity contribution in [1.29, 1.82) is 0 Å². The molecule has 1 aromatic heterocycles. The molecule has 1 aliphatic rings. The van der Waals surface area contributed by atoms with Crippen LogP contribution < -0.4 is 0 Å². The first-order valence-electron chi connectivity index (χ1n) is 5.85. The van der Waals surface area contributed by atoms with Gasteiger partial charge in [0, 0.05) is 12.3 Å². The van der Waals surface area contributed by atoms with Gasteiger partial charge >= 0.3 is 0 Å². The van der Waals surface area contributed by atoms with Crippen LogP contribution in [0.2, 0.25) is 0 Å². The molecule has 4 nitrogen and oxygen atoms in total. The molecule has 0 amide bonds. The van der Waals surface area contributed by atoms with Crippen LogP contribution in [-0.2, 0) is 6.42 Å². The molecule has 2 rings (SSSR count). The van der Waals surface area contributed by atoms with E-state index < -0.39 is 0 Å². The van der Waals surface area contributed by atoms with Crippen molar-refractivity contribution in [3.63, 3.8) is 0 Å². The molecule has 1 fully saturated rings. The summed E-state index contributed by atoms with van der Waals surface area (Å²) in [6.07, 6.45) is 6.35. The molecule has 0 spiro atoms. The van der Waals surface area contributed by atoms with Gasteiger partial charge in [0.15, 0.2) is 5.82 Å². The minimum absolute atomic E-state index is 0.259. The fourth-order valence-electron chi connectivity index (χ4n) is 2.13. The summed E-state index contributed by atoms with van der Waals surface area (Å²) in [4.78, 5) is 4.49. The molecule has 0 aliphatic heterocycles. The Morgan fingerprint density at radius 3 is 2.87 bits per heavy atom. The summed E-state index contributed by atoms with van der Waals surface area (Å²) >= 11 is 0. The number of hydrogen-bond acceptors (Lipinski definition) is 3. The summed E-state index contributed by atoms with van der Waals surface area (Å²) in [5.41, 5.74) is 0.